The molecular weight excluding hydrogens is 254 g/mol. The molecule has 0 bridgehead atoms. The van der Waals surface area contributed by atoms with E-state index < -0.39 is 0 Å². The number of hydrogen-bond acceptors (Lipinski definition) is 3. The largest absolute Gasteiger partial charge is 0.492 e. The number of hydrogen-bond donors (Lipinski definition) is 0. The predicted molar refractivity (Wildman–Crippen MR) is 76.6 cm³/mol. The van der Waals surface area contributed by atoms with Gasteiger partial charge in [-0.3, -0.25) is 4.79 Å². The van der Waals surface area contributed by atoms with Crippen molar-refractivity contribution in [3.63, 3.8) is 0 Å². The molecule has 0 atom stereocenters. The van der Waals surface area contributed by atoms with E-state index in [4.69, 9.17) is 9.15 Å². The molecule has 0 saturated carbocycles. The van der Waals surface area contributed by atoms with E-state index in [0.29, 0.717) is 26.0 Å². The number of para-hydroxylation sites is 1. The molecule has 0 aliphatic carbocycles. The third-order valence-electron chi connectivity index (χ3n) is 3.03. The Balaban J connectivity index is 1.66. The highest BCUT2D eigenvalue weighted by Crippen LogP contribution is 2.08. The van der Waals surface area contributed by atoms with Crippen LogP contribution < -0.4 is 4.74 Å². The van der Waals surface area contributed by atoms with Crippen molar-refractivity contribution in [2.45, 2.75) is 12.8 Å². The van der Waals surface area contributed by atoms with Crippen LogP contribution in [0.15, 0.2) is 53.1 Å². The summed E-state index contributed by atoms with van der Waals surface area (Å²) in [5, 5.41) is 0. The quantitative estimate of drug-likeness (QED) is 0.779. The first-order valence-corrected chi connectivity index (χ1v) is 6.70. The molecule has 4 nitrogen and oxygen atoms in total. The summed E-state index contributed by atoms with van der Waals surface area (Å²) in [7, 11) is 1.79. The van der Waals surface area contributed by atoms with Gasteiger partial charge >= 0.3 is 0 Å². The number of carbonyl (C=O) groups is 1. The number of rotatable bonds is 7. The van der Waals surface area contributed by atoms with E-state index in [9.17, 15) is 4.79 Å². The maximum atomic E-state index is 11.9. The zero-order valence-corrected chi connectivity index (χ0v) is 11.6. The third kappa shape index (κ3) is 4.46. The molecule has 0 saturated heterocycles. The van der Waals surface area contributed by atoms with Crippen LogP contribution in [0.1, 0.15) is 12.2 Å². The van der Waals surface area contributed by atoms with Gasteiger partial charge in [0.2, 0.25) is 5.91 Å². The lowest BCUT2D eigenvalue weighted by molar-refractivity contribution is -0.130. The molecule has 1 aromatic heterocycles. The first-order valence-electron chi connectivity index (χ1n) is 6.70. The monoisotopic (exact) mass is 273 g/mol. The molecular formula is C16H19NO3. The molecule has 2 rings (SSSR count). The molecule has 1 heterocycles. The Kier molecular flexibility index (Phi) is 5.24. The fourth-order valence-electron chi connectivity index (χ4n) is 1.82. The molecule has 106 valence electrons. The van der Waals surface area contributed by atoms with Crippen molar-refractivity contribution < 1.29 is 13.9 Å². The molecule has 1 aromatic carbocycles. The average Bonchev–Trinajstić information content (AvgIpc) is 2.99. The van der Waals surface area contributed by atoms with Gasteiger partial charge < -0.3 is 14.1 Å². The minimum atomic E-state index is 0.0954. The Morgan fingerprint density at radius 1 is 1.20 bits per heavy atom. The van der Waals surface area contributed by atoms with Gasteiger partial charge in [-0.05, 0) is 24.3 Å². The van der Waals surface area contributed by atoms with E-state index in [1.807, 2.05) is 42.5 Å². The normalized spacial score (nSPS) is 10.2. The lowest BCUT2D eigenvalue weighted by Gasteiger charge is -2.17. The summed E-state index contributed by atoms with van der Waals surface area (Å²) < 4.78 is 10.8. The standard InChI is InChI=1S/C16H19NO3/c1-17(11-13-20-14-6-3-2-4-7-14)16(18)10-9-15-8-5-12-19-15/h2-8,12H,9-11,13H2,1H3. The van der Waals surface area contributed by atoms with Gasteiger partial charge in [0, 0.05) is 19.9 Å². The minimum absolute atomic E-state index is 0.0954. The number of nitrogens with zero attached hydrogens (tertiary/aromatic N) is 1. The van der Waals surface area contributed by atoms with Crippen molar-refractivity contribution in [1.82, 2.24) is 4.90 Å². The highest BCUT2D eigenvalue weighted by molar-refractivity contribution is 5.76. The molecule has 4 heteroatoms. The molecule has 0 radical (unpaired) electrons. The Labute approximate surface area is 119 Å². The second-order valence-corrected chi connectivity index (χ2v) is 4.56. The second kappa shape index (κ2) is 7.38. The number of aryl methyl sites for hydroxylation is 1. The summed E-state index contributed by atoms with van der Waals surface area (Å²) in [4.78, 5) is 13.6. The molecule has 0 aliphatic heterocycles. The number of likely N-dealkylation sites (N-methyl/N-ethyl adjacent to an activating group) is 1. The molecule has 0 unspecified atom stereocenters. The van der Waals surface area contributed by atoms with Crippen LogP contribution in [0.25, 0.3) is 0 Å². The molecule has 2 aromatic rings. The predicted octanol–water partition coefficient (Wildman–Crippen LogP) is 2.75. The van der Waals surface area contributed by atoms with Gasteiger partial charge in [0.25, 0.3) is 0 Å². The topological polar surface area (TPSA) is 42.7 Å². The number of amides is 1. The van der Waals surface area contributed by atoms with Crippen molar-refractivity contribution in [3.05, 3.63) is 54.5 Å². The van der Waals surface area contributed by atoms with E-state index in [2.05, 4.69) is 0 Å². The first kappa shape index (κ1) is 14.2. The van der Waals surface area contributed by atoms with Gasteiger partial charge in [-0.25, -0.2) is 0 Å². The molecule has 1 amide bonds. The van der Waals surface area contributed by atoms with Gasteiger partial charge in [-0.2, -0.15) is 0 Å². The van der Waals surface area contributed by atoms with Crippen LogP contribution >= 0.6 is 0 Å². The summed E-state index contributed by atoms with van der Waals surface area (Å²) in [5.74, 6) is 1.76. The van der Waals surface area contributed by atoms with E-state index in [0.717, 1.165) is 11.5 Å². The second-order valence-electron chi connectivity index (χ2n) is 4.56. The van der Waals surface area contributed by atoms with E-state index in [1.54, 1.807) is 18.2 Å². The van der Waals surface area contributed by atoms with Crippen LogP contribution in [0.2, 0.25) is 0 Å². The first-order chi connectivity index (χ1) is 9.75. The summed E-state index contributed by atoms with van der Waals surface area (Å²) >= 11 is 0. The Morgan fingerprint density at radius 2 is 2.00 bits per heavy atom. The van der Waals surface area contributed by atoms with Crippen LogP contribution in [0.4, 0.5) is 0 Å². The number of ether oxygens (including phenoxy) is 1. The Morgan fingerprint density at radius 3 is 2.70 bits per heavy atom. The number of furan rings is 1. The highest BCUT2D eigenvalue weighted by atomic mass is 16.5. The smallest absolute Gasteiger partial charge is 0.222 e. The fourth-order valence-corrected chi connectivity index (χ4v) is 1.82. The van der Waals surface area contributed by atoms with Crippen LogP contribution in [0.3, 0.4) is 0 Å². The fraction of sp³-hybridized carbons (Fsp3) is 0.312. The van der Waals surface area contributed by atoms with E-state index in [1.165, 1.54) is 0 Å². The molecule has 0 N–H and O–H groups in total. The van der Waals surface area contributed by atoms with Crippen molar-refractivity contribution >= 4 is 5.91 Å². The van der Waals surface area contributed by atoms with E-state index in [-0.39, 0.29) is 5.91 Å². The van der Waals surface area contributed by atoms with Crippen molar-refractivity contribution in [1.29, 1.82) is 0 Å². The van der Waals surface area contributed by atoms with Crippen LogP contribution in [-0.4, -0.2) is 31.0 Å². The number of benzene rings is 1. The Bertz CT molecular complexity index is 508. The number of carbonyl (C=O) groups excluding carboxylic acids is 1. The lowest BCUT2D eigenvalue weighted by atomic mass is 10.2. The van der Waals surface area contributed by atoms with Gasteiger partial charge in [0.05, 0.1) is 12.8 Å². The summed E-state index contributed by atoms with van der Waals surface area (Å²) in [6.45, 7) is 1.07. The highest BCUT2D eigenvalue weighted by Gasteiger charge is 2.09. The zero-order valence-electron chi connectivity index (χ0n) is 11.6. The third-order valence-corrected chi connectivity index (χ3v) is 3.03. The SMILES string of the molecule is CN(CCOc1ccccc1)C(=O)CCc1ccco1. The summed E-state index contributed by atoms with van der Waals surface area (Å²) in [6.07, 6.45) is 2.71. The van der Waals surface area contributed by atoms with Crippen molar-refractivity contribution in [2.24, 2.45) is 0 Å². The summed E-state index contributed by atoms with van der Waals surface area (Å²) in [5.41, 5.74) is 0. The van der Waals surface area contributed by atoms with Gasteiger partial charge in [-0.15, -0.1) is 0 Å². The molecule has 0 spiro atoms. The zero-order chi connectivity index (χ0) is 14.2. The van der Waals surface area contributed by atoms with Gasteiger partial charge in [0.15, 0.2) is 0 Å². The van der Waals surface area contributed by atoms with Crippen molar-refractivity contribution in [2.75, 3.05) is 20.2 Å². The summed E-state index contributed by atoms with van der Waals surface area (Å²) in [6, 6.07) is 13.3. The molecule has 0 fully saturated rings. The minimum Gasteiger partial charge on any atom is -0.492 e. The Hall–Kier alpha value is -2.23. The molecule has 20 heavy (non-hydrogen) atoms. The van der Waals surface area contributed by atoms with E-state index >= 15 is 0 Å². The lowest BCUT2D eigenvalue weighted by Crippen LogP contribution is -2.31. The van der Waals surface area contributed by atoms with Crippen LogP contribution in [0.5, 0.6) is 5.75 Å². The van der Waals surface area contributed by atoms with Crippen LogP contribution in [0, 0.1) is 0 Å². The van der Waals surface area contributed by atoms with Crippen LogP contribution in [-0.2, 0) is 11.2 Å². The maximum Gasteiger partial charge on any atom is 0.222 e. The average molecular weight is 273 g/mol. The van der Waals surface area contributed by atoms with Crippen molar-refractivity contribution in [3.8, 4) is 5.75 Å². The molecule has 0 aliphatic rings. The van der Waals surface area contributed by atoms with Gasteiger partial charge in [-0.1, -0.05) is 18.2 Å². The van der Waals surface area contributed by atoms with Gasteiger partial charge in [0.1, 0.15) is 18.1 Å². The maximum absolute atomic E-state index is 11.9.